The first-order chi connectivity index (χ1) is 34.5. The molecule has 28 nitrogen and oxygen atoms in total. The van der Waals surface area contributed by atoms with Crippen LogP contribution in [-0.4, -0.2) is 143 Å². The summed E-state index contributed by atoms with van der Waals surface area (Å²) < 4.78 is 0. The lowest BCUT2D eigenvalue weighted by atomic mass is 9.98. The van der Waals surface area contributed by atoms with E-state index < -0.39 is 138 Å². The molecule has 1 rings (SSSR count). The smallest absolute Gasteiger partial charge is 0.245 e. The van der Waals surface area contributed by atoms with Gasteiger partial charge < -0.3 is 86.7 Å². The van der Waals surface area contributed by atoms with Crippen molar-refractivity contribution in [3.63, 3.8) is 0 Å². The number of rotatable bonds is 34. The van der Waals surface area contributed by atoms with Crippen molar-refractivity contribution in [1.29, 1.82) is 10.8 Å². The van der Waals surface area contributed by atoms with Crippen LogP contribution >= 0.6 is 0 Å². The maximum atomic E-state index is 14.2. The average Bonchev–Trinajstić information content (AvgIpc) is 3.29. The normalized spacial score (nSPS) is 14.7. The highest BCUT2D eigenvalue weighted by Crippen LogP contribution is 2.14. The maximum absolute atomic E-state index is 14.2. The fourth-order valence-corrected chi connectivity index (χ4v) is 7.17. The Morgan fingerprint density at radius 3 is 1.36 bits per heavy atom. The van der Waals surface area contributed by atoms with Gasteiger partial charge in [0.15, 0.2) is 11.9 Å². The Hall–Kier alpha value is -7.78. The van der Waals surface area contributed by atoms with Crippen LogP contribution in [0.4, 0.5) is 0 Å². The Kier molecular flexibility index (Phi) is 28.1. The van der Waals surface area contributed by atoms with Gasteiger partial charge in [-0.15, -0.1) is 0 Å². The third-order valence-corrected chi connectivity index (χ3v) is 11.2. The first kappa shape index (κ1) is 64.2. The van der Waals surface area contributed by atoms with Gasteiger partial charge in [-0.2, -0.15) is 0 Å². The predicted molar refractivity (Wildman–Crippen MR) is 270 cm³/mol. The van der Waals surface area contributed by atoms with E-state index in [0.29, 0.717) is 5.56 Å². The summed E-state index contributed by atoms with van der Waals surface area (Å²) in [5.41, 5.74) is 27.6. The molecule has 1 aromatic rings. The number of aromatic hydroxyl groups is 1. The standard InChI is InChI=1S/C46H78N16O12/c1-22(2)19-32(60-38(68)24(5)20-34(48)66)42(72)61-35(23(3)4)43(73)62-36(25(6)63)44(74)58-29(10-8-18-55-46(52)53)39(69)57-30(15-16-33(47)65)41(71)56-28(9-7-17-54-45(50)51)40(70)59-31(37(49)67)21-26-11-13-27(64)14-12-26/h11-14,22-25,28-32,35-36,63-64H,7-10,15-21H2,1-6H3,(H2,47,65)(H2,48,66)(H2,49,67)(H,56,71)(H,57,69)(H,58,74)(H,59,70)(H,60,68)(H,61,72)(H,62,73)(H4,50,51,54)(H4,52,53,55)/t24-,25+,28-,29+,30-,31-,32-,35-,36-/m0/s1. The number of aliphatic hydroxyl groups excluding tert-OH is 1. The number of guanidine groups is 2. The number of benzene rings is 1. The molecule has 0 saturated heterocycles. The molecule has 0 radical (unpaired) electrons. The summed E-state index contributed by atoms with van der Waals surface area (Å²) in [6.07, 6.45) is -2.90. The zero-order chi connectivity index (χ0) is 56.4. The molecule has 0 aliphatic carbocycles. The number of amides is 10. The molecule has 0 aliphatic heterocycles. The fraction of sp³-hybridized carbons (Fsp3) is 0.609. The number of phenolic OH excluding ortho intramolecular Hbond substituents is 1. The van der Waals surface area contributed by atoms with Crippen molar-refractivity contribution in [3.05, 3.63) is 29.8 Å². The van der Waals surface area contributed by atoms with Gasteiger partial charge in [0.25, 0.3) is 0 Å². The van der Waals surface area contributed by atoms with Crippen LogP contribution in [0.15, 0.2) is 24.3 Å². The number of primary amides is 3. The molecule has 0 unspecified atom stereocenters. The van der Waals surface area contributed by atoms with Crippen LogP contribution in [-0.2, 0) is 54.4 Å². The molecule has 0 heterocycles. The number of carbonyl (C=O) groups is 10. The summed E-state index contributed by atoms with van der Waals surface area (Å²) in [6.45, 7) is 9.49. The average molecular weight is 1050 g/mol. The zero-order valence-corrected chi connectivity index (χ0v) is 42.8. The molecular weight excluding hydrogens is 969 g/mol. The van der Waals surface area contributed by atoms with Crippen LogP contribution in [0.25, 0.3) is 0 Å². The summed E-state index contributed by atoms with van der Waals surface area (Å²) in [6, 6.07) is -4.41. The maximum Gasteiger partial charge on any atom is 0.245 e. The second-order valence-electron chi connectivity index (χ2n) is 18.7. The minimum atomic E-state index is -1.77. The third-order valence-electron chi connectivity index (χ3n) is 11.2. The second kappa shape index (κ2) is 32.3. The number of carbonyl (C=O) groups excluding carboxylic acids is 10. The quantitative estimate of drug-likeness (QED) is 0.0175. The summed E-state index contributed by atoms with van der Waals surface area (Å²) in [7, 11) is 0. The molecule has 1 aromatic carbocycles. The summed E-state index contributed by atoms with van der Waals surface area (Å²) in [4.78, 5) is 132. The minimum absolute atomic E-state index is 0.0174. The van der Waals surface area contributed by atoms with Crippen LogP contribution < -0.4 is 76.5 Å². The molecule has 0 spiro atoms. The first-order valence-electron chi connectivity index (χ1n) is 24.1. The van der Waals surface area contributed by atoms with Crippen molar-refractivity contribution < 1.29 is 58.2 Å². The van der Waals surface area contributed by atoms with Crippen molar-refractivity contribution >= 4 is 71.0 Å². The Labute approximate surface area is 429 Å². The van der Waals surface area contributed by atoms with Gasteiger partial charge in [-0.1, -0.05) is 46.8 Å². The van der Waals surface area contributed by atoms with Gasteiger partial charge in [0.2, 0.25) is 59.1 Å². The highest BCUT2D eigenvalue weighted by atomic mass is 16.3. The van der Waals surface area contributed by atoms with Gasteiger partial charge in [-0.25, -0.2) is 0 Å². The summed E-state index contributed by atoms with van der Waals surface area (Å²) in [5.74, 6) is -11.3. The van der Waals surface area contributed by atoms with Crippen LogP contribution in [0.1, 0.15) is 98.5 Å². The number of hydrogen-bond acceptors (Lipinski definition) is 14. The topological polar surface area (TPSA) is 497 Å². The lowest BCUT2D eigenvalue weighted by molar-refractivity contribution is -0.138. The SMILES string of the molecule is CC(C)C[C@H](NC(=O)[C@@H](C)CC(N)=O)C(=O)N[C@H](C(=O)N[C@H](C(=O)N[C@H](CCCNC(=N)N)C(=O)N[C@@H](CCC(N)=O)C(=O)N[C@@H](CCCNC(=N)N)C(=O)N[C@@H](Cc1ccc(O)cc1)C(N)=O)[C@@H](C)O)C(C)C. The minimum Gasteiger partial charge on any atom is -0.508 e. The molecule has 0 saturated carbocycles. The van der Waals surface area contributed by atoms with E-state index in [0.717, 1.165) is 0 Å². The molecule has 9 atom stereocenters. The molecule has 28 heteroatoms. The van der Waals surface area contributed by atoms with E-state index in [1.807, 2.05) is 0 Å². The van der Waals surface area contributed by atoms with Gasteiger partial charge in [0.1, 0.15) is 48.0 Å². The molecule has 0 aromatic heterocycles. The zero-order valence-electron chi connectivity index (χ0n) is 42.8. The van der Waals surface area contributed by atoms with E-state index in [9.17, 15) is 58.2 Å². The van der Waals surface area contributed by atoms with Gasteiger partial charge in [-0.05, 0) is 75.0 Å². The number of phenols is 1. The lowest BCUT2D eigenvalue weighted by Gasteiger charge is -2.30. The number of nitrogens with two attached hydrogens (primary N) is 5. The molecule has 23 N–H and O–H groups in total. The van der Waals surface area contributed by atoms with Crippen molar-refractivity contribution in [2.24, 2.45) is 46.4 Å². The largest absolute Gasteiger partial charge is 0.508 e. The molecule has 414 valence electrons. The van der Waals surface area contributed by atoms with E-state index >= 15 is 0 Å². The van der Waals surface area contributed by atoms with E-state index in [-0.39, 0.29) is 75.7 Å². The van der Waals surface area contributed by atoms with Crippen LogP contribution in [0, 0.1) is 28.6 Å². The highest BCUT2D eigenvalue weighted by molar-refractivity contribution is 5.98. The Morgan fingerprint density at radius 2 is 0.946 bits per heavy atom. The summed E-state index contributed by atoms with van der Waals surface area (Å²) in [5, 5.41) is 58.2. The second-order valence-corrected chi connectivity index (χ2v) is 18.7. The first-order valence-corrected chi connectivity index (χ1v) is 24.1. The van der Waals surface area contributed by atoms with Crippen molar-refractivity contribution in [3.8, 4) is 5.75 Å². The highest BCUT2D eigenvalue weighted by Gasteiger charge is 2.36. The molecule has 0 fully saturated rings. The van der Waals surface area contributed by atoms with Gasteiger partial charge >= 0.3 is 0 Å². The molecule has 74 heavy (non-hydrogen) atoms. The molecule has 0 aliphatic rings. The van der Waals surface area contributed by atoms with Crippen LogP contribution in [0.5, 0.6) is 5.75 Å². The Morgan fingerprint density at radius 1 is 0.527 bits per heavy atom. The van der Waals surface area contributed by atoms with Crippen molar-refractivity contribution in [1.82, 2.24) is 47.9 Å². The predicted octanol–water partition coefficient (Wildman–Crippen LogP) is -4.80. The van der Waals surface area contributed by atoms with E-state index in [1.165, 1.54) is 38.1 Å². The molecule has 0 bridgehead atoms. The monoisotopic (exact) mass is 1050 g/mol. The van der Waals surface area contributed by atoms with Crippen molar-refractivity contribution in [2.75, 3.05) is 13.1 Å². The van der Waals surface area contributed by atoms with Crippen molar-refractivity contribution in [2.45, 2.75) is 148 Å². The fourth-order valence-electron chi connectivity index (χ4n) is 7.17. The van der Waals surface area contributed by atoms with E-state index in [2.05, 4.69) is 47.9 Å². The van der Waals surface area contributed by atoms with E-state index in [1.54, 1.807) is 27.7 Å². The van der Waals surface area contributed by atoms with Gasteiger partial charge in [-0.3, -0.25) is 58.8 Å². The van der Waals surface area contributed by atoms with Crippen LogP contribution in [0.2, 0.25) is 0 Å². The number of nitrogens with one attached hydrogen (secondary N) is 11. The van der Waals surface area contributed by atoms with Gasteiger partial charge in [0, 0.05) is 38.3 Å². The van der Waals surface area contributed by atoms with Crippen LogP contribution in [0.3, 0.4) is 0 Å². The third kappa shape index (κ3) is 25.1. The number of hydrogen-bond donors (Lipinski definition) is 18. The number of aliphatic hydroxyl groups is 1. The van der Waals surface area contributed by atoms with E-state index in [4.69, 9.17) is 39.5 Å². The van der Waals surface area contributed by atoms with Gasteiger partial charge in [0.05, 0.1) is 6.10 Å². The Bertz CT molecular complexity index is 2120. The lowest BCUT2D eigenvalue weighted by Crippen LogP contribution is -2.62. The molecular formula is C46H78N16O12. The Balaban J connectivity index is 3.52. The molecule has 10 amide bonds. The summed E-state index contributed by atoms with van der Waals surface area (Å²) >= 11 is 0.